The Labute approximate surface area is 143 Å². The number of aromatic nitrogens is 1. The van der Waals surface area contributed by atoms with Crippen LogP contribution in [0.15, 0.2) is 72.9 Å². The van der Waals surface area contributed by atoms with E-state index in [-0.39, 0.29) is 11.8 Å². The Bertz CT molecular complexity index is 1150. The monoisotopic (exact) mass is 324 g/mol. The van der Waals surface area contributed by atoms with Crippen molar-refractivity contribution in [3.63, 3.8) is 0 Å². The number of nitrogens with zero attached hydrogens (tertiary/aromatic N) is 2. The van der Waals surface area contributed by atoms with Gasteiger partial charge in [0.2, 0.25) is 0 Å². The number of pyridine rings is 1. The van der Waals surface area contributed by atoms with Crippen molar-refractivity contribution in [1.82, 2.24) is 4.98 Å². The molecule has 0 unspecified atom stereocenters. The van der Waals surface area contributed by atoms with Gasteiger partial charge < -0.3 is 0 Å². The lowest BCUT2D eigenvalue weighted by atomic mass is 9.94. The molecule has 2 heterocycles. The highest BCUT2D eigenvalue weighted by molar-refractivity contribution is 6.35. The first-order valence-corrected chi connectivity index (χ1v) is 7.99. The minimum Gasteiger partial charge on any atom is -0.268 e. The highest BCUT2D eigenvalue weighted by atomic mass is 16.2. The van der Waals surface area contributed by atoms with Crippen LogP contribution in [0.2, 0.25) is 0 Å². The molecule has 25 heavy (non-hydrogen) atoms. The van der Waals surface area contributed by atoms with E-state index in [2.05, 4.69) is 4.98 Å². The van der Waals surface area contributed by atoms with Gasteiger partial charge in [-0.2, -0.15) is 0 Å². The zero-order valence-electron chi connectivity index (χ0n) is 13.1. The summed E-state index contributed by atoms with van der Waals surface area (Å²) in [4.78, 5) is 31.6. The largest absolute Gasteiger partial charge is 0.268 e. The van der Waals surface area contributed by atoms with Crippen LogP contribution in [0, 0.1) is 0 Å². The maximum Gasteiger partial charge on any atom is 0.267 e. The van der Waals surface area contributed by atoms with E-state index in [1.807, 2.05) is 48.5 Å². The first-order valence-electron chi connectivity index (χ1n) is 7.99. The molecule has 4 nitrogen and oxygen atoms in total. The van der Waals surface area contributed by atoms with Gasteiger partial charge in [0.05, 0.1) is 0 Å². The molecule has 4 heteroatoms. The normalized spacial score (nSPS) is 13.7. The summed E-state index contributed by atoms with van der Waals surface area (Å²) in [6.45, 7) is 0. The molecule has 0 atom stereocenters. The third-order valence-corrected chi connectivity index (χ3v) is 4.62. The standard InChI is InChI=1S/C21H12N2O2/c24-20-16-9-3-7-13-8-4-10-17(19(13)16)21(25)23(20)18-11-14-5-1-2-6-15(14)12-22-18/h1-12H. The molecule has 0 aliphatic carbocycles. The number of carbonyl (C=O) groups is 2. The van der Waals surface area contributed by atoms with Crippen molar-refractivity contribution in [1.29, 1.82) is 0 Å². The second-order valence-corrected chi connectivity index (χ2v) is 6.04. The Kier molecular flexibility index (Phi) is 2.76. The number of hydrogen-bond donors (Lipinski definition) is 0. The van der Waals surface area contributed by atoms with Crippen molar-refractivity contribution in [2.45, 2.75) is 0 Å². The molecule has 3 aromatic carbocycles. The van der Waals surface area contributed by atoms with E-state index in [1.165, 1.54) is 4.90 Å². The predicted molar refractivity (Wildman–Crippen MR) is 96.8 cm³/mol. The van der Waals surface area contributed by atoms with Gasteiger partial charge in [-0.1, -0.05) is 48.5 Å². The van der Waals surface area contributed by atoms with Crippen molar-refractivity contribution in [3.05, 3.63) is 84.1 Å². The Morgan fingerprint density at radius 3 is 1.96 bits per heavy atom. The minimum absolute atomic E-state index is 0.336. The molecule has 0 radical (unpaired) electrons. The number of rotatable bonds is 1. The lowest BCUT2D eigenvalue weighted by Crippen LogP contribution is -2.40. The summed E-state index contributed by atoms with van der Waals surface area (Å²) < 4.78 is 0. The lowest BCUT2D eigenvalue weighted by molar-refractivity contribution is 0.0892. The molecule has 0 saturated heterocycles. The predicted octanol–water partition coefficient (Wildman–Crippen LogP) is 4.19. The van der Waals surface area contributed by atoms with Gasteiger partial charge in [-0.3, -0.25) is 9.59 Å². The molecule has 0 fully saturated rings. The maximum absolute atomic E-state index is 13.0. The van der Waals surface area contributed by atoms with Crippen LogP contribution in [0.5, 0.6) is 0 Å². The molecule has 2 amide bonds. The second-order valence-electron chi connectivity index (χ2n) is 6.04. The Morgan fingerprint density at radius 2 is 1.28 bits per heavy atom. The molecular formula is C21H12N2O2. The third kappa shape index (κ3) is 1.91. The van der Waals surface area contributed by atoms with Gasteiger partial charge in [0.25, 0.3) is 11.8 Å². The van der Waals surface area contributed by atoms with Crippen LogP contribution in [0.4, 0.5) is 5.82 Å². The van der Waals surface area contributed by atoms with E-state index < -0.39 is 0 Å². The fourth-order valence-electron chi connectivity index (χ4n) is 3.43. The summed E-state index contributed by atoms with van der Waals surface area (Å²) in [6, 6.07) is 20.5. The first kappa shape index (κ1) is 13.9. The van der Waals surface area contributed by atoms with Crippen molar-refractivity contribution in [2.24, 2.45) is 0 Å². The average Bonchev–Trinajstić information content (AvgIpc) is 2.66. The topological polar surface area (TPSA) is 50.3 Å². The van der Waals surface area contributed by atoms with Crippen LogP contribution in [0.25, 0.3) is 21.5 Å². The smallest absolute Gasteiger partial charge is 0.267 e. The summed E-state index contributed by atoms with van der Waals surface area (Å²) in [7, 11) is 0. The number of fused-ring (bicyclic) bond motifs is 1. The van der Waals surface area contributed by atoms with Crippen molar-refractivity contribution < 1.29 is 9.59 Å². The quantitative estimate of drug-likeness (QED) is 0.493. The third-order valence-electron chi connectivity index (χ3n) is 4.62. The molecular weight excluding hydrogens is 312 g/mol. The van der Waals surface area contributed by atoms with Crippen LogP contribution >= 0.6 is 0 Å². The second kappa shape index (κ2) is 4.98. The van der Waals surface area contributed by atoms with Crippen LogP contribution in [-0.2, 0) is 0 Å². The zero-order valence-corrected chi connectivity index (χ0v) is 13.1. The van der Waals surface area contributed by atoms with Gasteiger partial charge in [0.1, 0.15) is 5.82 Å². The molecule has 118 valence electrons. The van der Waals surface area contributed by atoms with Crippen molar-refractivity contribution in [3.8, 4) is 0 Å². The molecule has 1 aliphatic rings. The summed E-state index contributed by atoms with van der Waals surface area (Å²) in [5.41, 5.74) is 1.06. The lowest BCUT2D eigenvalue weighted by Gasteiger charge is -2.26. The summed E-state index contributed by atoms with van der Waals surface area (Å²) in [6.07, 6.45) is 1.69. The van der Waals surface area contributed by atoms with Crippen LogP contribution in [0.1, 0.15) is 20.7 Å². The molecule has 0 N–H and O–H groups in total. The average molecular weight is 324 g/mol. The van der Waals surface area contributed by atoms with E-state index in [4.69, 9.17) is 0 Å². The van der Waals surface area contributed by atoms with Gasteiger partial charge in [0.15, 0.2) is 0 Å². The van der Waals surface area contributed by atoms with Gasteiger partial charge in [0, 0.05) is 28.1 Å². The maximum atomic E-state index is 13.0. The Morgan fingerprint density at radius 1 is 0.680 bits per heavy atom. The number of carbonyl (C=O) groups excluding carboxylic acids is 2. The van der Waals surface area contributed by atoms with E-state index in [0.29, 0.717) is 16.9 Å². The number of anilines is 1. The Balaban J connectivity index is 1.75. The zero-order chi connectivity index (χ0) is 17.0. The number of benzene rings is 3. The summed E-state index contributed by atoms with van der Waals surface area (Å²) in [5, 5.41) is 3.51. The van der Waals surface area contributed by atoms with Crippen molar-refractivity contribution in [2.75, 3.05) is 4.90 Å². The molecule has 4 aromatic rings. The van der Waals surface area contributed by atoms with E-state index in [9.17, 15) is 9.59 Å². The van der Waals surface area contributed by atoms with E-state index >= 15 is 0 Å². The SMILES string of the molecule is O=C1c2cccc3cccc(c23)C(=O)N1c1cc2ccccc2cn1. The van der Waals surface area contributed by atoms with E-state index in [0.717, 1.165) is 21.5 Å². The summed E-state index contributed by atoms with van der Waals surface area (Å²) in [5.74, 6) is -0.325. The van der Waals surface area contributed by atoms with Crippen LogP contribution in [0.3, 0.4) is 0 Å². The number of amides is 2. The van der Waals surface area contributed by atoms with Crippen molar-refractivity contribution >= 4 is 39.2 Å². The molecule has 1 aliphatic heterocycles. The molecule has 0 bridgehead atoms. The first-order chi connectivity index (χ1) is 12.2. The van der Waals surface area contributed by atoms with Gasteiger partial charge >= 0.3 is 0 Å². The molecule has 0 saturated carbocycles. The van der Waals surface area contributed by atoms with Gasteiger partial charge in [-0.05, 0) is 29.0 Å². The van der Waals surface area contributed by atoms with Gasteiger partial charge in [-0.15, -0.1) is 0 Å². The highest BCUT2D eigenvalue weighted by Gasteiger charge is 2.34. The number of imide groups is 1. The molecule has 0 spiro atoms. The summed E-state index contributed by atoms with van der Waals surface area (Å²) >= 11 is 0. The fourth-order valence-corrected chi connectivity index (χ4v) is 3.43. The van der Waals surface area contributed by atoms with Gasteiger partial charge in [-0.25, -0.2) is 9.88 Å². The minimum atomic E-state index is -0.336. The molecule has 5 rings (SSSR count). The van der Waals surface area contributed by atoms with Crippen LogP contribution in [-0.4, -0.2) is 16.8 Å². The van der Waals surface area contributed by atoms with Crippen LogP contribution < -0.4 is 4.90 Å². The highest BCUT2D eigenvalue weighted by Crippen LogP contribution is 2.32. The molecule has 1 aromatic heterocycles. The van der Waals surface area contributed by atoms with E-state index in [1.54, 1.807) is 24.4 Å². The Hall–Kier alpha value is -3.53. The number of hydrogen-bond acceptors (Lipinski definition) is 3. The fraction of sp³-hybridized carbons (Fsp3) is 0.